The summed E-state index contributed by atoms with van der Waals surface area (Å²) in [7, 11) is -3.94. The van der Waals surface area contributed by atoms with Gasteiger partial charge in [0.05, 0.1) is 0 Å². The summed E-state index contributed by atoms with van der Waals surface area (Å²) < 4.78 is 24.8. The van der Waals surface area contributed by atoms with Gasteiger partial charge in [-0.05, 0) is 13.8 Å². The number of hydrogen-bond donors (Lipinski definition) is 2. The molecule has 0 aliphatic carbocycles. The van der Waals surface area contributed by atoms with Gasteiger partial charge in [0.2, 0.25) is 0 Å². The van der Waals surface area contributed by atoms with Crippen LogP contribution in [0.2, 0.25) is 0 Å². The van der Waals surface area contributed by atoms with E-state index in [9.17, 15) is 13.2 Å². The fourth-order valence-electron chi connectivity index (χ4n) is 1.14. The third-order valence-corrected chi connectivity index (χ3v) is 3.02. The van der Waals surface area contributed by atoms with E-state index < -0.39 is 22.6 Å². The number of hydrogen-bond acceptors (Lipinski definition) is 5. The van der Waals surface area contributed by atoms with Crippen molar-refractivity contribution in [1.82, 2.24) is 14.4 Å². The van der Waals surface area contributed by atoms with Crippen LogP contribution in [0.4, 0.5) is 0 Å². The molecule has 8 nitrogen and oxygen atoms in total. The Bertz CT molecular complexity index is 507. The molecule has 0 fully saturated rings. The Hall–Kier alpha value is -1.45. The van der Waals surface area contributed by atoms with Gasteiger partial charge in [-0.3, -0.25) is 4.84 Å². The van der Waals surface area contributed by atoms with E-state index in [0.29, 0.717) is 12.4 Å². The monoisotopic (exact) mass is 263 g/mol. The Morgan fingerprint density at radius 2 is 2.29 bits per heavy atom. The average molecular weight is 263 g/mol. The normalized spacial score (nSPS) is 11.6. The quantitative estimate of drug-likeness (QED) is 0.670. The lowest BCUT2D eigenvalue weighted by Gasteiger charge is -2.02. The van der Waals surface area contributed by atoms with Crippen molar-refractivity contribution < 1.29 is 23.2 Å². The lowest BCUT2D eigenvalue weighted by molar-refractivity contribution is -0.143. The minimum atomic E-state index is -3.94. The highest BCUT2D eigenvalue weighted by molar-refractivity contribution is 7.89. The van der Waals surface area contributed by atoms with E-state index in [-0.39, 0.29) is 5.03 Å². The largest absolute Gasteiger partial charge is 0.479 e. The maximum absolute atomic E-state index is 11.6. The highest BCUT2D eigenvalue weighted by atomic mass is 32.2. The van der Waals surface area contributed by atoms with Gasteiger partial charge < -0.3 is 9.67 Å². The molecule has 0 bridgehead atoms. The summed E-state index contributed by atoms with van der Waals surface area (Å²) in [5.74, 6) is -0.728. The Labute approximate surface area is 98.2 Å². The zero-order valence-electron chi connectivity index (χ0n) is 9.37. The molecule has 0 aromatic carbocycles. The highest BCUT2D eigenvalue weighted by Crippen LogP contribution is 2.08. The first-order chi connectivity index (χ1) is 7.86. The first-order valence-corrected chi connectivity index (χ1v) is 6.24. The molecular weight excluding hydrogens is 250 g/mol. The van der Waals surface area contributed by atoms with Crippen LogP contribution < -0.4 is 4.89 Å². The number of aliphatic carboxylic acids is 1. The molecule has 9 heteroatoms. The maximum Gasteiger partial charge on any atom is 0.331 e. The molecule has 0 saturated heterocycles. The number of rotatable bonds is 6. The molecule has 0 aliphatic heterocycles. The predicted octanol–water partition coefficient (Wildman–Crippen LogP) is -0.494. The van der Waals surface area contributed by atoms with Crippen LogP contribution in [0.3, 0.4) is 0 Å². The second-order valence-corrected chi connectivity index (χ2v) is 4.77. The van der Waals surface area contributed by atoms with Crippen LogP contribution in [0.1, 0.15) is 12.7 Å². The van der Waals surface area contributed by atoms with Gasteiger partial charge in [-0.15, -0.1) is 0 Å². The molecule has 0 aliphatic rings. The minimum absolute atomic E-state index is 0.206. The molecule has 1 heterocycles. The van der Waals surface area contributed by atoms with Crippen molar-refractivity contribution in [3.05, 3.63) is 12.0 Å². The summed E-state index contributed by atoms with van der Waals surface area (Å²) in [6.07, 6.45) is 1.35. The van der Waals surface area contributed by atoms with Crippen molar-refractivity contribution in [2.75, 3.05) is 6.61 Å². The summed E-state index contributed by atoms with van der Waals surface area (Å²) in [4.78, 5) is 20.0. The summed E-state index contributed by atoms with van der Waals surface area (Å²) >= 11 is 0. The first kappa shape index (κ1) is 13.6. The van der Waals surface area contributed by atoms with Gasteiger partial charge in [-0.2, -0.15) is 0 Å². The van der Waals surface area contributed by atoms with Crippen LogP contribution in [0.5, 0.6) is 0 Å². The van der Waals surface area contributed by atoms with Crippen LogP contribution in [0.25, 0.3) is 0 Å². The van der Waals surface area contributed by atoms with Gasteiger partial charge in [0, 0.05) is 12.7 Å². The number of nitrogens with one attached hydrogen (secondary N) is 1. The second kappa shape index (κ2) is 5.25. The van der Waals surface area contributed by atoms with Crippen molar-refractivity contribution in [2.45, 2.75) is 25.4 Å². The predicted molar refractivity (Wildman–Crippen MR) is 56.5 cm³/mol. The molecule has 0 atom stereocenters. The van der Waals surface area contributed by atoms with Crippen molar-refractivity contribution in [3.63, 3.8) is 0 Å². The van der Waals surface area contributed by atoms with E-state index in [1.54, 1.807) is 16.4 Å². The van der Waals surface area contributed by atoms with Crippen molar-refractivity contribution in [2.24, 2.45) is 0 Å². The number of sulfonamides is 1. The molecule has 17 heavy (non-hydrogen) atoms. The highest BCUT2D eigenvalue weighted by Gasteiger charge is 2.19. The molecule has 0 saturated carbocycles. The lowest BCUT2D eigenvalue weighted by atomic mass is 10.6. The van der Waals surface area contributed by atoms with Crippen LogP contribution in [0, 0.1) is 6.92 Å². The van der Waals surface area contributed by atoms with Gasteiger partial charge in [0.25, 0.3) is 10.0 Å². The van der Waals surface area contributed by atoms with Gasteiger partial charge in [0.1, 0.15) is 5.82 Å². The summed E-state index contributed by atoms with van der Waals surface area (Å²) in [6, 6.07) is 0. The van der Waals surface area contributed by atoms with Gasteiger partial charge in [-0.25, -0.2) is 18.2 Å². The Kier molecular flexibility index (Phi) is 4.21. The smallest absolute Gasteiger partial charge is 0.331 e. The molecule has 1 aromatic heterocycles. The molecule has 1 aromatic rings. The Balaban J connectivity index is 2.79. The Morgan fingerprint density at radius 3 is 2.76 bits per heavy atom. The van der Waals surface area contributed by atoms with Gasteiger partial charge in [0.15, 0.2) is 11.6 Å². The second-order valence-electron chi connectivity index (χ2n) is 3.18. The number of carbonyl (C=O) groups is 1. The van der Waals surface area contributed by atoms with E-state index in [4.69, 9.17) is 5.11 Å². The topological polar surface area (TPSA) is 111 Å². The molecular formula is C8H13N3O5S. The minimum Gasteiger partial charge on any atom is -0.479 e. The van der Waals surface area contributed by atoms with Gasteiger partial charge >= 0.3 is 5.97 Å². The molecule has 0 unspecified atom stereocenters. The molecule has 0 amide bonds. The summed E-state index contributed by atoms with van der Waals surface area (Å²) in [5, 5.41) is 8.08. The molecule has 1 rings (SSSR count). The third kappa shape index (κ3) is 3.51. The van der Waals surface area contributed by atoms with Crippen LogP contribution >= 0.6 is 0 Å². The fourth-order valence-corrected chi connectivity index (χ4v) is 1.96. The number of carboxylic acid groups (broad SMARTS) is 1. The first-order valence-electron chi connectivity index (χ1n) is 4.76. The van der Waals surface area contributed by atoms with Crippen molar-refractivity contribution >= 4 is 16.0 Å². The van der Waals surface area contributed by atoms with Crippen molar-refractivity contribution in [1.29, 1.82) is 0 Å². The number of carboxylic acids is 1. The number of aromatic nitrogens is 2. The molecule has 0 spiro atoms. The molecule has 0 radical (unpaired) electrons. The lowest BCUT2D eigenvalue weighted by Crippen LogP contribution is -2.27. The Morgan fingerprint density at radius 1 is 1.65 bits per heavy atom. The van der Waals surface area contributed by atoms with E-state index in [1.165, 1.54) is 6.20 Å². The SMILES string of the molecule is CCn1cc(S(=O)(=O)NOCC(=O)O)nc1C. The number of nitrogens with zero attached hydrogens (tertiary/aromatic N) is 2. The van der Waals surface area contributed by atoms with Crippen molar-refractivity contribution in [3.8, 4) is 0 Å². The summed E-state index contributed by atoms with van der Waals surface area (Å²) in [6.45, 7) is 3.34. The van der Waals surface area contributed by atoms with Gasteiger partial charge in [-0.1, -0.05) is 4.89 Å². The average Bonchev–Trinajstić information content (AvgIpc) is 2.59. The zero-order chi connectivity index (χ0) is 13.1. The maximum atomic E-state index is 11.6. The van der Waals surface area contributed by atoms with E-state index in [1.807, 2.05) is 6.92 Å². The van der Waals surface area contributed by atoms with Crippen LogP contribution in [0.15, 0.2) is 11.2 Å². The number of aryl methyl sites for hydroxylation is 2. The van der Waals surface area contributed by atoms with E-state index in [2.05, 4.69) is 9.82 Å². The third-order valence-electron chi connectivity index (χ3n) is 1.93. The summed E-state index contributed by atoms with van der Waals surface area (Å²) in [5.41, 5.74) is 0. The number of imidazole rings is 1. The van der Waals surface area contributed by atoms with Crippen LogP contribution in [-0.2, 0) is 26.2 Å². The van der Waals surface area contributed by atoms with Crippen LogP contribution in [-0.4, -0.2) is 35.7 Å². The fraction of sp³-hybridized carbons (Fsp3) is 0.500. The molecule has 2 N–H and O–H groups in total. The van der Waals surface area contributed by atoms with E-state index >= 15 is 0 Å². The standard InChI is InChI=1S/C8H13N3O5S/c1-3-11-4-7(9-6(11)2)17(14,15)10-16-5-8(12)13/h4,10H,3,5H2,1-2H3,(H,12,13). The zero-order valence-corrected chi connectivity index (χ0v) is 10.2. The molecule has 96 valence electrons. The van der Waals surface area contributed by atoms with E-state index in [0.717, 1.165) is 0 Å².